The Bertz CT molecular complexity index is 570. The van der Waals surface area contributed by atoms with Gasteiger partial charge in [-0.3, -0.25) is 0 Å². The molecule has 0 saturated carbocycles. The fraction of sp³-hybridized carbons (Fsp3) is 0.571. The van der Waals surface area contributed by atoms with Crippen LogP contribution < -0.4 is 10.1 Å². The van der Waals surface area contributed by atoms with Crippen molar-refractivity contribution in [3.8, 4) is 5.75 Å². The normalized spacial score (nSPS) is 14.1. The molecule has 4 nitrogen and oxygen atoms in total. The molecule has 0 aliphatic rings. The quantitative estimate of drug-likeness (QED) is 0.876. The van der Waals surface area contributed by atoms with Crippen LogP contribution in [-0.4, -0.2) is 33.1 Å². The van der Waals surface area contributed by atoms with E-state index in [9.17, 15) is 12.8 Å². The topological polar surface area (TPSA) is 55.4 Å². The summed E-state index contributed by atoms with van der Waals surface area (Å²) < 4.78 is 40.7. The highest BCUT2D eigenvalue weighted by molar-refractivity contribution is 7.92. The number of sulfone groups is 1. The molecule has 1 N–H and O–H groups in total. The molecule has 114 valence electrons. The maximum atomic E-state index is 13.3. The van der Waals surface area contributed by atoms with E-state index in [-0.39, 0.29) is 11.8 Å². The van der Waals surface area contributed by atoms with Gasteiger partial charge in [0, 0.05) is 18.8 Å². The lowest BCUT2D eigenvalue weighted by molar-refractivity contribution is 0.384. The summed E-state index contributed by atoms with van der Waals surface area (Å²) in [6.45, 7) is 5.55. The van der Waals surface area contributed by atoms with Crippen LogP contribution in [0.1, 0.15) is 32.4 Å². The Kier molecular flexibility index (Phi) is 5.15. The molecule has 0 amide bonds. The van der Waals surface area contributed by atoms with Crippen molar-refractivity contribution in [2.24, 2.45) is 0 Å². The molecule has 6 heteroatoms. The zero-order valence-corrected chi connectivity index (χ0v) is 13.3. The van der Waals surface area contributed by atoms with Crippen LogP contribution in [0.5, 0.6) is 5.75 Å². The van der Waals surface area contributed by atoms with E-state index in [4.69, 9.17) is 4.74 Å². The van der Waals surface area contributed by atoms with Crippen LogP contribution in [-0.2, 0) is 9.84 Å². The molecule has 0 aromatic heterocycles. The van der Waals surface area contributed by atoms with Crippen LogP contribution >= 0.6 is 0 Å². The Morgan fingerprint density at radius 3 is 2.50 bits per heavy atom. The van der Waals surface area contributed by atoms with Crippen LogP contribution in [0.25, 0.3) is 0 Å². The van der Waals surface area contributed by atoms with Gasteiger partial charge in [-0.1, -0.05) is 6.07 Å². The first kappa shape index (κ1) is 16.9. The molecular weight excluding hydrogens is 281 g/mol. The minimum Gasteiger partial charge on any atom is -0.494 e. The lowest BCUT2D eigenvalue weighted by atomic mass is 10.1. The number of ether oxygens (including phenoxy) is 1. The van der Waals surface area contributed by atoms with Crippen molar-refractivity contribution in [1.29, 1.82) is 0 Å². The predicted octanol–water partition coefficient (Wildman–Crippen LogP) is 2.31. The van der Waals surface area contributed by atoms with E-state index in [0.29, 0.717) is 6.54 Å². The van der Waals surface area contributed by atoms with E-state index >= 15 is 0 Å². The van der Waals surface area contributed by atoms with E-state index in [1.807, 2.05) is 6.92 Å². The Morgan fingerprint density at radius 2 is 2.00 bits per heavy atom. The average Bonchev–Trinajstić information content (AvgIpc) is 2.35. The molecule has 0 bridgehead atoms. The number of methoxy groups -OCH3 is 1. The molecule has 1 aromatic rings. The molecular formula is C14H22FNO3S. The first-order valence-corrected chi connectivity index (χ1v) is 8.24. The highest BCUT2D eigenvalue weighted by atomic mass is 32.2. The van der Waals surface area contributed by atoms with Gasteiger partial charge in [-0.05, 0) is 38.5 Å². The van der Waals surface area contributed by atoms with Crippen LogP contribution in [0.4, 0.5) is 4.39 Å². The smallest absolute Gasteiger partial charge is 0.165 e. The first-order valence-electron chi connectivity index (χ1n) is 6.35. The molecule has 1 unspecified atom stereocenters. The van der Waals surface area contributed by atoms with Gasteiger partial charge in [0.15, 0.2) is 21.4 Å². The van der Waals surface area contributed by atoms with Crippen LogP contribution in [0, 0.1) is 5.82 Å². The Balaban J connectivity index is 2.80. The third-order valence-corrected chi connectivity index (χ3v) is 5.66. The van der Waals surface area contributed by atoms with Crippen molar-refractivity contribution in [3.63, 3.8) is 0 Å². The van der Waals surface area contributed by atoms with E-state index in [1.165, 1.54) is 19.4 Å². The summed E-state index contributed by atoms with van der Waals surface area (Å²) in [4.78, 5) is 0. The molecule has 0 saturated heterocycles. The lowest BCUT2D eigenvalue weighted by Gasteiger charge is -2.25. The van der Waals surface area contributed by atoms with Crippen molar-refractivity contribution in [1.82, 2.24) is 5.32 Å². The third kappa shape index (κ3) is 3.93. The summed E-state index contributed by atoms with van der Waals surface area (Å²) in [6.07, 6.45) is 1.22. The second-order valence-corrected chi connectivity index (χ2v) is 8.18. The monoisotopic (exact) mass is 303 g/mol. The number of benzene rings is 1. The van der Waals surface area contributed by atoms with Crippen molar-refractivity contribution in [2.45, 2.75) is 31.6 Å². The molecule has 0 radical (unpaired) electrons. The third-order valence-electron chi connectivity index (χ3n) is 3.51. The zero-order chi connectivity index (χ0) is 15.6. The lowest BCUT2D eigenvalue weighted by Crippen LogP contribution is -2.42. The van der Waals surface area contributed by atoms with Gasteiger partial charge in [0.05, 0.1) is 11.9 Å². The van der Waals surface area contributed by atoms with Gasteiger partial charge in [0.25, 0.3) is 0 Å². The van der Waals surface area contributed by atoms with E-state index < -0.39 is 20.4 Å². The highest BCUT2D eigenvalue weighted by Crippen LogP contribution is 2.23. The molecule has 0 aliphatic heterocycles. The first-order chi connectivity index (χ1) is 9.08. The maximum Gasteiger partial charge on any atom is 0.165 e. The van der Waals surface area contributed by atoms with Crippen LogP contribution in [0.15, 0.2) is 18.2 Å². The van der Waals surface area contributed by atoms with Crippen molar-refractivity contribution < 1.29 is 17.5 Å². The largest absolute Gasteiger partial charge is 0.494 e. The summed E-state index contributed by atoms with van der Waals surface area (Å²) in [5.74, 6) is -0.238. The Hall–Kier alpha value is -1.14. The van der Waals surface area contributed by atoms with Crippen molar-refractivity contribution in [3.05, 3.63) is 29.6 Å². The number of halogens is 1. The van der Waals surface area contributed by atoms with Gasteiger partial charge < -0.3 is 10.1 Å². The second kappa shape index (κ2) is 6.10. The molecule has 0 aliphatic carbocycles. The molecule has 0 heterocycles. The summed E-state index contributed by atoms with van der Waals surface area (Å²) in [7, 11) is -1.74. The molecule has 1 atom stereocenters. The fourth-order valence-electron chi connectivity index (χ4n) is 1.59. The van der Waals surface area contributed by atoms with Gasteiger partial charge in [-0.2, -0.15) is 0 Å². The van der Waals surface area contributed by atoms with Gasteiger partial charge >= 0.3 is 0 Å². The molecule has 20 heavy (non-hydrogen) atoms. The standard InChI is InChI=1S/C14H22FNO3S/c1-10(16-9-14(2,3)20(5,17)18)11-6-7-12(15)13(8-11)19-4/h6-8,10,16H,9H2,1-5H3. The van der Waals surface area contributed by atoms with Crippen LogP contribution in [0.3, 0.4) is 0 Å². The zero-order valence-electron chi connectivity index (χ0n) is 12.5. The number of nitrogens with one attached hydrogen (secondary N) is 1. The Morgan fingerprint density at radius 1 is 1.40 bits per heavy atom. The Labute approximate surface area is 120 Å². The summed E-state index contributed by atoms with van der Waals surface area (Å²) in [5, 5.41) is 3.16. The fourth-order valence-corrected chi connectivity index (χ4v) is 1.94. The van der Waals surface area contributed by atoms with Crippen LogP contribution in [0.2, 0.25) is 0 Å². The summed E-state index contributed by atoms with van der Waals surface area (Å²) in [6, 6.07) is 4.50. The van der Waals surface area contributed by atoms with E-state index in [2.05, 4.69) is 5.32 Å². The number of hydrogen-bond acceptors (Lipinski definition) is 4. The number of hydrogen-bond donors (Lipinski definition) is 1. The summed E-state index contributed by atoms with van der Waals surface area (Å²) >= 11 is 0. The predicted molar refractivity (Wildman–Crippen MR) is 78.3 cm³/mol. The summed E-state index contributed by atoms with van der Waals surface area (Å²) in [5.41, 5.74) is 0.840. The minimum atomic E-state index is -3.15. The van der Waals surface area contributed by atoms with Crippen molar-refractivity contribution in [2.75, 3.05) is 19.9 Å². The van der Waals surface area contributed by atoms with Gasteiger partial charge in [0.2, 0.25) is 0 Å². The SMILES string of the molecule is COc1cc(C(C)NCC(C)(C)S(C)(=O)=O)ccc1F. The number of rotatable bonds is 6. The maximum absolute atomic E-state index is 13.3. The van der Waals surface area contributed by atoms with Gasteiger partial charge in [-0.15, -0.1) is 0 Å². The average molecular weight is 303 g/mol. The van der Waals surface area contributed by atoms with Gasteiger partial charge in [0.1, 0.15) is 0 Å². The molecule has 1 rings (SSSR count). The minimum absolute atomic E-state index is 0.106. The highest BCUT2D eigenvalue weighted by Gasteiger charge is 2.30. The van der Waals surface area contributed by atoms with E-state index in [0.717, 1.165) is 5.56 Å². The van der Waals surface area contributed by atoms with Gasteiger partial charge in [-0.25, -0.2) is 12.8 Å². The molecule has 0 spiro atoms. The molecule has 1 aromatic carbocycles. The second-order valence-electron chi connectivity index (χ2n) is 5.53. The van der Waals surface area contributed by atoms with E-state index in [1.54, 1.807) is 26.0 Å². The molecule has 0 fully saturated rings. The van der Waals surface area contributed by atoms with Crippen molar-refractivity contribution >= 4 is 9.84 Å².